The van der Waals surface area contributed by atoms with E-state index in [1.54, 1.807) is 0 Å². The van der Waals surface area contributed by atoms with Crippen LogP contribution in [0.15, 0.2) is 48.5 Å². The molecule has 1 aromatic heterocycles. The number of nitrogens with zero attached hydrogens (tertiary/aromatic N) is 4. The van der Waals surface area contributed by atoms with Crippen molar-refractivity contribution in [3.8, 4) is 0 Å². The van der Waals surface area contributed by atoms with E-state index in [9.17, 15) is 4.79 Å². The van der Waals surface area contributed by atoms with Gasteiger partial charge in [-0.05, 0) is 36.9 Å². The lowest BCUT2D eigenvalue weighted by Gasteiger charge is -2.33. The summed E-state index contributed by atoms with van der Waals surface area (Å²) in [6.45, 7) is 8.95. The lowest BCUT2D eigenvalue weighted by molar-refractivity contribution is 0.138. The van der Waals surface area contributed by atoms with Gasteiger partial charge in [0.05, 0.1) is 11.0 Å². The van der Waals surface area contributed by atoms with Gasteiger partial charge in [-0.1, -0.05) is 25.1 Å². The molecule has 2 aromatic carbocycles. The molecule has 1 aliphatic heterocycles. The summed E-state index contributed by atoms with van der Waals surface area (Å²) in [5, 5.41) is 5.73. The highest BCUT2D eigenvalue weighted by molar-refractivity contribution is 6.00. The Morgan fingerprint density at radius 3 is 2.40 bits per heavy atom. The molecule has 0 aliphatic carbocycles. The summed E-state index contributed by atoms with van der Waals surface area (Å²) in [4.78, 5) is 22.1. The van der Waals surface area contributed by atoms with Crippen LogP contribution in [0.3, 0.4) is 0 Å². The fraction of sp³-hybridized carbons (Fsp3) is 0.391. The third-order valence-electron chi connectivity index (χ3n) is 5.83. The Balaban J connectivity index is 1.38. The fourth-order valence-corrected chi connectivity index (χ4v) is 3.95. The Morgan fingerprint density at radius 2 is 1.67 bits per heavy atom. The monoisotopic (exact) mass is 406 g/mol. The number of nitrogens with one attached hydrogen (secondary N) is 2. The van der Waals surface area contributed by atoms with Gasteiger partial charge in [0.2, 0.25) is 0 Å². The minimum absolute atomic E-state index is 0.261. The molecule has 7 heteroatoms. The van der Waals surface area contributed by atoms with Crippen LogP contribution in [0.1, 0.15) is 12.7 Å². The number of carbonyl (C=O) groups excluding carboxylic acids is 1. The molecule has 0 atom stereocenters. The zero-order chi connectivity index (χ0) is 20.9. The van der Waals surface area contributed by atoms with Crippen molar-refractivity contribution < 1.29 is 4.79 Å². The number of anilines is 2. The maximum absolute atomic E-state index is 12.3. The highest BCUT2D eigenvalue weighted by Gasteiger charge is 2.16. The number of urea groups is 1. The second-order valence-corrected chi connectivity index (χ2v) is 7.76. The molecule has 0 bridgehead atoms. The van der Waals surface area contributed by atoms with Crippen molar-refractivity contribution in [1.29, 1.82) is 0 Å². The summed E-state index contributed by atoms with van der Waals surface area (Å²) in [5.74, 6) is 1.08. The van der Waals surface area contributed by atoms with Crippen LogP contribution in [0.4, 0.5) is 16.2 Å². The van der Waals surface area contributed by atoms with E-state index in [-0.39, 0.29) is 6.03 Å². The van der Waals surface area contributed by atoms with Crippen LogP contribution < -0.4 is 10.6 Å². The summed E-state index contributed by atoms with van der Waals surface area (Å²) in [5.41, 5.74) is 3.47. The van der Waals surface area contributed by atoms with E-state index in [1.807, 2.05) is 48.5 Å². The van der Waals surface area contributed by atoms with Crippen molar-refractivity contribution >= 4 is 28.4 Å². The zero-order valence-corrected chi connectivity index (χ0v) is 17.8. The van der Waals surface area contributed by atoms with Crippen LogP contribution in [0.25, 0.3) is 11.0 Å². The third-order valence-corrected chi connectivity index (χ3v) is 5.83. The number of rotatable bonds is 6. The minimum atomic E-state index is -0.261. The topological polar surface area (TPSA) is 65.4 Å². The third kappa shape index (κ3) is 4.80. The lowest BCUT2D eigenvalue weighted by Crippen LogP contribution is -2.46. The molecule has 1 aliphatic rings. The molecular weight excluding hydrogens is 376 g/mol. The average Bonchev–Trinajstić information content (AvgIpc) is 3.08. The van der Waals surface area contributed by atoms with Gasteiger partial charge >= 0.3 is 6.03 Å². The van der Waals surface area contributed by atoms with Crippen LogP contribution in [0, 0.1) is 0 Å². The van der Waals surface area contributed by atoms with Gasteiger partial charge in [0.25, 0.3) is 0 Å². The quantitative estimate of drug-likeness (QED) is 0.659. The number of benzene rings is 2. The minimum Gasteiger partial charge on any atom is -0.331 e. The summed E-state index contributed by atoms with van der Waals surface area (Å²) in [6, 6.07) is 15.0. The van der Waals surface area contributed by atoms with Gasteiger partial charge in [-0.15, -0.1) is 0 Å². The number of aromatic nitrogens is 2. The van der Waals surface area contributed by atoms with E-state index in [0.717, 1.165) is 73.9 Å². The Kier molecular flexibility index (Phi) is 6.30. The van der Waals surface area contributed by atoms with Crippen molar-refractivity contribution in [2.24, 2.45) is 7.05 Å². The van der Waals surface area contributed by atoms with Crippen LogP contribution >= 0.6 is 0 Å². The molecule has 3 aromatic rings. The summed E-state index contributed by atoms with van der Waals surface area (Å²) >= 11 is 0. The van der Waals surface area contributed by atoms with Crippen molar-refractivity contribution in [2.75, 3.05) is 49.9 Å². The van der Waals surface area contributed by atoms with Crippen molar-refractivity contribution in [2.45, 2.75) is 13.3 Å². The molecule has 30 heavy (non-hydrogen) atoms. The number of amides is 2. The van der Waals surface area contributed by atoms with E-state index in [4.69, 9.17) is 4.98 Å². The first-order chi connectivity index (χ1) is 14.6. The van der Waals surface area contributed by atoms with E-state index >= 15 is 0 Å². The number of para-hydroxylation sites is 1. The first kappa shape index (κ1) is 20.4. The van der Waals surface area contributed by atoms with Crippen LogP contribution in [-0.4, -0.2) is 64.7 Å². The summed E-state index contributed by atoms with van der Waals surface area (Å²) in [6.07, 6.45) is 0.925. The van der Waals surface area contributed by atoms with Gasteiger partial charge in [-0.25, -0.2) is 9.78 Å². The normalized spacial score (nSPS) is 15.4. The predicted molar refractivity (Wildman–Crippen MR) is 122 cm³/mol. The molecule has 4 rings (SSSR count). The number of carbonyl (C=O) groups is 1. The fourth-order valence-electron chi connectivity index (χ4n) is 3.95. The van der Waals surface area contributed by atoms with E-state index in [2.05, 4.69) is 39.0 Å². The van der Waals surface area contributed by atoms with Crippen LogP contribution in [0.2, 0.25) is 0 Å². The summed E-state index contributed by atoms with van der Waals surface area (Å²) in [7, 11) is 2.06. The van der Waals surface area contributed by atoms with Gasteiger partial charge in [-0.3, -0.25) is 0 Å². The number of hydrogen-bond donors (Lipinski definition) is 2. The van der Waals surface area contributed by atoms with Crippen LogP contribution in [0.5, 0.6) is 0 Å². The largest absolute Gasteiger partial charge is 0.331 e. The molecule has 2 N–H and O–H groups in total. The molecule has 0 spiro atoms. The van der Waals surface area contributed by atoms with Gasteiger partial charge < -0.3 is 25.0 Å². The molecule has 0 radical (unpaired) electrons. The highest BCUT2D eigenvalue weighted by atomic mass is 16.2. The maximum atomic E-state index is 12.3. The number of aryl methyl sites for hydroxylation is 1. The van der Waals surface area contributed by atoms with Crippen molar-refractivity contribution in [3.63, 3.8) is 0 Å². The second kappa shape index (κ2) is 9.28. The standard InChI is InChI=1S/C23H30N6O/c1-3-28-13-15-29(16-14-28)12-11-22-26-20-17-19(9-10-21(20)27(22)2)25-23(30)24-18-7-5-4-6-8-18/h4-10,17H,3,11-16H2,1-2H3,(H2,24,25,30). The summed E-state index contributed by atoms with van der Waals surface area (Å²) < 4.78 is 2.16. The second-order valence-electron chi connectivity index (χ2n) is 7.76. The van der Waals surface area contributed by atoms with Crippen LogP contribution in [-0.2, 0) is 13.5 Å². The van der Waals surface area contributed by atoms with E-state index in [1.165, 1.54) is 0 Å². The van der Waals surface area contributed by atoms with E-state index < -0.39 is 0 Å². The smallest absolute Gasteiger partial charge is 0.323 e. The molecule has 1 saturated heterocycles. The maximum Gasteiger partial charge on any atom is 0.323 e. The molecular formula is C23H30N6O. The molecule has 2 heterocycles. The number of piperazine rings is 1. The molecule has 7 nitrogen and oxygen atoms in total. The van der Waals surface area contributed by atoms with Gasteiger partial charge in [0, 0.05) is 57.6 Å². The first-order valence-electron chi connectivity index (χ1n) is 10.7. The molecule has 158 valence electrons. The lowest BCUT2D eigenvalue weighted by atomic mass is 10.2. The molecule has 0 unspecified atom stereocenters. The van der Waals surface area contributed by atoms with Gasteiger partial charge in [0.1, 0.15) is 5.82 Å². The zero-order valence-electron chi connectivity index (χ0n) is 17.8. The van der Waals surface area contributed by atoms with E-state index in [0.29, 0.717) is 0 Å². The molecule has 2 amide bonds. The SMILES string of the molecule is CCN1CCN(CCc2nc3cc(NC(=O)Nc4ccccc4)ccc3n2C)CC1. The Hall–Kier alpha value is -2.90. The predicted octanol–water partition coefficient (Wildman–Crippen LogP) is 3.40. The Bertz CT molecular complexity index is 992. The Morgan fingerprint density at radius 1 is 0.967 bits per heavy atom. The van der Waals surface area contributed by atoms with Crippen molar-refractivity contribution in [1.82, 2.24) is 19.4 Å². The average molecular weight is 407 g/mol. The highest BCUT2D eigenvalue weighted by Crippen LogP contribution is 2.20. The molecule has 1 fully saturated rings. The molecule has 0 saturated carbocycles. The number of fused-ring (bicyclic) bond motifs is 1. The van der Waals surface area contributed by atoms with Gasteiger partial charge in [0.15, 0.2) is 0 Å². The number of likely N-dealkylation sites (N-methyl/N-ethyl adjacent to an activating group) is 1. The first-order valence-corrected chi connectivity index (χ1v) is 10.7. The van der Waals surface area contributed by atoms with Crippen molar-refractivity contribution in [3.05, 3.63) is 54.4 Å². The number of hydrogen-bond acceptors (Lipinski definition) is 4. The number of imidazole rings is 1. The van der Waals surface area contributed by atoms with Gasteiger partial charge in [-0.2, -0.15) is 0 Å². The Labute approximate surface area is 177 Å².